The summed E-state index contributed by atoms with van der Waals surface area (Å²) in [4.78, 5) is 11.3. The van der Waals surface area contributed by atoms with Gasteiger partial charge in [0.05, 0.1) is 0 Å². The molecule has 2 aliphatic rings. The topological polar surface area (TPSA) is 63.3 Å². The second kappa shape index (κ2) is 4.43. The van der Waals surface area contributed by atoms with Gasteiger partial charge in [-0.3, -0.25) is 4.79 Å². The number of allylic oxidation sites excluding steroid dienone is 1. The van der Waals surface area contributed by atoms with Gasteiger partial charge in [-0.25, -0.2) is 0 Å². The molecule has 3 rings (SSSR count). The van der Waals surface area contributed by atoms with E-state index in [0.29, 0.717) is 12.8 Å². The van der Waals surface area contributed by atoms with Crippen LogP contribution in [0.3, 0.4) is 0 Å². The van der Waals surface area contributed by atoms with Crippen LogP contribution < -0.4 is 5.73 Å². The monoisotopic (exact) mass is 335 g/mol. The largest absolute Gasteiger partial charge is 0.480 e. The summed E-state index contributed by atoms with van der Waals surface area (Å²) in [6.07, 6.45) is 4.76. The van der Waals surface area contributed by atoms with Crippen molar-refractivity contribution in [1.29, 1.82) is 0 Å². The van der Waals surface area contributed by atoms with E-state index in [4.69, 9.17) is 5.73 Å². The Morgan fingerprint density at radius 1 is 1.30 bits per heavy atom. The minimum absolute atomic E-state index is 0.0681. The molecule has 3 nitrogen and oxygen atoms in total. The maximum Gasteiger partial charge on any atom is 0.323 e. The summed E-state index contributed by atoms with van der Waals surface area (Å²) < 4.78 is 1.16. The molecule has 1 spiro atoms. The Hall–Kier alpha value is -1.13. The van der Waals surface area contributed by atoms with Crippen molar-refractivity contribution in [1.82, 2.24) is 0 Å². The van der Waals surface area contributed by atoms with Gasteiger partial charge in [-0.05, 0) is 49.8 Å². The highest BCUT2D eigenvalue weighted by Gasteiger charge is 2.49. The van der Waals surface area contributed by atoms with E-state index in [9.17, 15) is 9.90 Å². The van der Waals surface area contributed by atoms with Gasteiger partial charge >= 0.3 is 5.97 Å². The van der Waals surface area contributed by atoms with Gasteiger partial charge in [-0.15, -0.1) is 0 Å². The number of aliphatic carboxylic acids is 1. The summed E-state index contributed by atoms with van der Waals surface area (Å²) in [5.41, 5.74) is 8.67. The van der Waals surface area contributed by atoms with Crippen LogP contribution in [-0.2, 0) is 10.2 Å². The van der Waals surface area contributed by atoms with Gasteiger partial charge in [-0.2, -0.15) is 0 Å². The summed E-state index contributed by atoms with van der Waals surface area (Å²) >= 11 is 3.71. The molecule has 1 aromatic rings. The fraction of sp³-hybridized carbons (Fsp3) is 0.438. The first-order chi connectivity index (χ1) is 9.37. The van der Waals surface area contributed by atoms with Crippen molar-refractivity contribution in [2.45, 2.75) is 43.6 Å². The van der Waals surface area contributed by atoms with Crippen molar-refractivity contribution < 1.29 is 9.90 Å². The van der Waals surface area contributed by atoms with Crippen LogP contribution >= 0.6 is 15.9 Å². The average Bonchev–Trinajstić information content (AvgIpc) is 2.65. The first-order valence-corrected chi connectivity index (χ1v) is 7.68. The summed E-state index contributed by atoms with van der Waals surface area (Å²) in [6, 6.07) is 6.49. The highest BCUT2D eigenvalue weighted by Crippen LogP contribution is 2.54. The Morgan fingerprint density at radius 3 is 2.55 bits per heavy atom. The number of benzene rings is 1. The third-order valence-electron chi connectivity index (χ3n) is 4.88. The minimum Gasteiger partial charge on any atom is -0.480 e. The SMILES string of the molecule is Cc1ccc2c(c1)C=C(Br)C21CCC(N)(C(=O)O)CC1. The molecule has 0 aromatic heterocycles. The van der Waals surface area contributed by atoms with Crippen LogP contribution in [0.25, 0.3) is 6.08 Å². The second-order valence-electron chi connectivity index (χ2n) is 6.13. The van der Waals surface area contributed by atoms with Crippen LogP contribution in [-0.4, -0.2) is 16.6 Å². The van der Waals surface area contributed by atoms with Crippen LogP contribution in [0, 0.1) is 6.92 Å². The molecule has 0 radical (unpaired) electrons. The highest BCUT2D eigenvalue weighted by molar-refractivity contribution is 9.11. The Balaban J connectivity index is 1.97. The van der Waals surface area contributed by atoms with E-state index in [1.54, 1.807) is 0 Å². The molecule has 0 heterocycles. The van der Waals surface area contributed by atoms with Gasteiger partial charge in [0.1, 0.15) is 5.54 Å². The molecule has 1 fully saturated rings. The molecular weight excluding hydrogens is 318 g/mol. The molecule has 0 bridgehead atoms. The summed E-state index contributed by atoms with van der Waals surface area (Å²) in [7, 11) is 0. The Labute approximate surface area is 127 Å². The molecule has 1 aromatic carbocycles. The van der Waals surface area contributed by atoms with E-state index < -0.39 is 11.5 Å². The normalized spacial score (nSPS) is 32.0. The quantitative estimate of drug-likeness (QED) is 0.827. The lowest BCUT2D eigenvalue weighted by molar-refractivity contribution is -0.145. The van der Waals surface area contributed by atoms with Gasteiger partial charge in [-0.1, -0.05) is 39.7 Å². The molecule has 1 saturated carbocycles. The van der Waals surface area contributed by atoms with Gasteiger partial charge in [0.15, 0.2) is 0 Å². The van der Waals surface area contributed by atoms with E-state index in [0.717, 1.165) is 17.3 Å². The molecule has 0 atom stereocenters. The van der Waals surface area contributed by atoms with Crippen LogP contribution in [0.4, 0.5) is 0 Å². The number of nitrogens with two attached hydrogens (primary N) is 1. The predicted molar refractivity (Wildman–Crippen MR) is 82.8 cm³/mol. The zero-order valence-electron chi connectivity index (χ0n) is 11.4. The summed E-state index contributed by atoms with van der Waals surface area (Å²) in [6.45, 7) is 2.09. The molecule has 0 amide bonds. The Kier molecular flexibility index (Phi) is 3.07. The van der Waals surface area contributed by atoms with Crippen molar-refractivity contribution >= 4 is 28.0 Å². The number of carbonyl (C=O) groups is 1. The smallest absolute Gasteiger partial charge is 0.323 e. The minimum atomic E-state index is -1.06. The van der Waals surface area contributed by atoms with Crippen LogP contribution in [0.2, 0.25) is 0 Å². The zero-order chi connectivity index (χ0) is 14.5. The predicted octanol–water partition coefficient (Wildman–Crippen LogP) is 3.34. The standard InChI is InChI=1S/C16H18BrNO2/c1-10-2-3-12-11(8-10)9-13(17)15(12)4-6-16(18,7-5-15)14(19)20/h2-3,8-9H,4-7,18H2,1H3,(H,19,20). The van der Waals surface area contributed by atoms with Crippen molar-refractivity contribution in [2.24, 2.45) is 5.73 Å². The maximum absolute atomic E-state index is 11.3. The molecule has 0 unspecified atom stereocenters. The van der Waals surface area contributed by atoms with E-state index in [2.05, 4.69) is 47.1 Å². The summed E-state index contributed by atoms with van der Waals surface area (Å²) in [5.74, 6) is -0.880. The van der Waals surface area contributed by atoms with E-state index in [1.165, 1.54) is 16.7 Å². The Morgan fingerprint density at radius 2 is 1.95 bits per heavy atom. The molecule has 3 N–H and O–H groups in total. The highest BCUT2D eigenvalue weighted by atomic mass is 79.9. The number of fused-ring (bicyclic) bond motifs is 2. The van der Waals surface area contributed by atoms with Gasteiger partial charge in [0.25, 0.3) is 0 Å². The van der Waals surface area contributed by atoms with Gasteiger partial charge in [0, 0.05) is 9.90 Å². The molecule has 4 heteroatoms. The second-order valence-corrected chi connectivity index (χ2v) is 6.98. The number of hydrogen-bond acceptors (Lipinski definition) is 2. The molecule has 0 aliphatic heterocycles. The van der Waals surface area contributed by atoms with Gasteiger partial charge < -0.3 is 10.8 Å². The van der Waals surface area contributed by atoms with Crippen molar-refractivity contribution in [3.63, 3.8) is 0 Å². The van der Waals surface area contributed by atoms with E-state index >= 15 is 0 Å². The number of carboxylic acid groups (broad SMARTS) is 1. The molecule has 2 aliphatic carbocycles. The lowest BCUT2D eigenvalue weighted by atomic mass is 9.65. The lowest BCUT2D eigenvalue weighted by Gasteiger charge is -2.42. The fourth-order valence-electron chi connectivity index (χ4n) is 3.49. The third kappa shape index (κ3) is 1.85. The van der Waals surface area contributed by atoms with E-state index in [-0.39, 0.29) is 5.41 Å². The first kappa shape index (κ1) is 13.8. The fourth-order valence-corrected chi connectivity index (χ4v) is 4.34. The number of aryl methyl sites for hydroxylation is 1. The van der Waals surface area contributed by atoms with Crippen LogP contribution in [0.15, 0.2) is 22.7 Å². The molecule has 106 valence electrons. The van der Waals surface area contributed by atoms with Crippen LogP contribution in [0.1, 0.15) is 42.4 Å². The van der Waals surface area contributed by atoms with Crippen LogP contribution in [0.5, 0.6) is 0 Å². The number of carboxylic acids is 1. The van der Waals surface area contributed by atoms with Crippen molar-refractivity contribution in [3.05, 3.63) is 39.4 Å². The first-order valence-electron chi connectivity index (χ1n) is 6.88. The van der Waals surface area contributed by atoms with Crippen molar-refractivity contribution in [3.8, 4) is 0 Å². The molecular formula is C16H18BrNO2. The lowest BCUT2D eigenvalue weighted by Crippen LogP contribution is -2.53. The zero-order valence-corrected chi connectivity index (χ0v) is 13.0. The third-order valence-corrected chi connectivity index (χ3v) is 5.87. The van der Waals surface area contributed by atoms with E-state index in [1.807, 2.05) is 0 Å². The number of hydrogen-bond donors (Lipinski definition) is 2. The molecule has 20 heavy (non-hydrogen) atoms. The maximum atomic E-state index is 11.3. The molecule has 0 saturated heterocycles. The average molecular weight is 336 g/mol. The van der Waals surface area contributed by atoms with Gasteiger partial charge in [0.2, 0.25) is 0 Å². The number of halogens is 1. The summed E-state index contributed by atoms with van der Waals surface area (Å²) in [5, 5.41) is 9.27. The number of rotatable bonds is 1. The van der Waals surface area contributed by atoms with Crippen molar-refractivity contribution in [2.75, 3.05) is 0 Å². The Bertz CT molecular complexity index is 613.